The fourth-order valence-corrected chi connectivity index (χ4v) is 6.72. The monoisotopic (exact) mass is 562 g/mol. The number of aryl methyl sites for hydroxylation is 1. The molecule has 0 aliphatic heterocycles. The summed E-state index contributed by atoms with van der Waals surface area (Å²) in [6, 6.07) is 52.1. The molecular weight excluding hydrogens is 532 g/mol. The quantitative estimate of drug-likeness (QED) is 0.190. The van der Waals surface area contributed by atoms with Crippen LogP contribution >= 0.6 is 0 Å². The van der Waals surface area contributed by atoms with Crippen LogP contribution in [0.2, 0.25) is 0 Å². The van der Waals surface area contributed by atoms with Gasteiger partial charge >= 0.3 is 0 Å². The van der Waals surface area contributed by atoms with Crippen LogP contribution in [-0.4, -0.2) is 0 Å². The fraction of sp³-hybridized carbons (Fsp3) is 0.0233. The van der Waals surface area contributed by atoms with Crippen LogP contribution in [0.1, 0.15) is 11.1 Å². The van der Waals surface area contributed by atoms with Gasteiger partial charge in [-0.2, -0.15) is 0 Å². The number of furan rings is 1. The Morgan fingerprint density at radius 1 is 0.477 bits per heavy atom. The Kier molecular flexibility index (Phi) is 6.24. The SMILES string of the molecule is C=Cc1c(-c2ccccc2C)oc2ccc(-c3c4ccccc4c(-c4ccccc4)c4ccc(-c5ccccc5)cc34)cc12. The second-order valence-corrected chi connectivity index (χ2v) is 11.4. The van der Waals surface area contributed by atoms with Crippen molar-refractivity contribution < 1.29 is 4.42 Å². The lowest BCUT2D eigenvalue weighted by atomic mass is 9.84. The van der Waals surface area contributed by atoms with E-state index in [1.807, 2.05) is 6.08 Å². The summed E-state index contributed by atoms with van der Waals surface area (Å²) in [7, 11) is 0. The smallest absolute Gasteiger partial charge is 0.142 e. The Morgan fingerprint density at radius 2 is 1.05 bits per heavy atom. The van der Waals surface area contributed by atoms with Crippen LogP contribution < -0.4 is 0 Å². The summed E-state index contributed by atoms with van der Waals surface area (Å²) in [5.74, 6) is 0.866. The molecule has 1 aromatic heterocycles. The van der Waals surface area contributed by atoms with Crippen LogP contribution in [0, 0.1) is 6.92 Å². The van der Waals surface area contributed by atoms with Crippen molar-refractivity contribution in [2.45, 2.75) is 6.92 Å². The molecule has 0 N–H and O–H groups in total. The third-order valence-corrected chi connectivity index (χ3v) is 8.80. The van der Waals surface area contributed by atoms with Crippen molar-refractivity contribution in [1.29, 1.82) is 0 Å². The molecule has 0 aliphatic carbocycles. The maximum atomic E-state index is 6.51. The Bertz CT molecular complexity index is 2340. The lowest BCUT2D eigenvalue weighted by Gasteiger charge is -2.19. The number of hydrogen-bond acceptors (Lipinski definition) is 1. The zero-order valence-corrected chi connectivity index (χ0v) is 24.5. The first-order chi connectivity index (χ1) is 21.7. The number of benzene rings is 7. The molecule has 0 amide bonds. The van der Waals surface area contributed by atoms with Gasteiger partial charge in [-0.25, -0.2) is 0 Å². The maximum Gasteiger partial charge on any atom is 0.142 e. The van der Waals surface area contributed by atoms with Gasteiger partial charge in [0.25, 0.3) is 0 Å². The van der Waals surface area contributed by atoms with Crippen LogP contribution in [0.15, 0.2) is 157 Å². The third kappa shape index (κ3) is 4.17. The second kappa shape index (κ2) is 10.6. The third-order valence-electron chi connectivity index (χ3n) is 8.80. The molecule has 0 atom stereocenters. The summed E-state index contributed by atoms with van der Waals surface area (Å²) < 4.78 is 6.51. The van der Waals surface area contributed by atoms with Gasteiger partial charge in [0.2, 0.25) is 0 Å². The van der Waals surface area contributed by atoms with Crippen LogP contribution in [0.5, 0.6) is 0 Å². The van der Waals surface area contributed by atoms with Crippen LogP contribution in [0.4, 0.5) is 0 Å². The fourth-order valence-electron chi connectivity index (χ4n) is 6.72. The Balaban J connectivity index is 1.47. The van der Waals surface area contributed by atoms with Gasteiger partial charge in [0, 0.05) is 16.5 Å². The average Bonchev–Trinajstić information content (AvgIpc) is 3.45. The molecule has 8 rings (SSSR count). The minimum Gasteiger partial charge on any atom is -0.455 e. The average molecular weight is 563 g/mol. The van der Waals surface area contributed by atoms with E-state index in [2.05, 4.69) is 159 Å². The highest BCUT2D eigenvalue weighted by Gasteiger charge is 2.20. The Morgan fingerprint density at radius 3 is 1.75 bits per heavy atom. The maximum absolute atomic E-state index is 6.51. The number of fused-ring (bicyclic) bond motifs is 3. The minimum atomic E-state index is 0.862. The lowest BCUT2D eigenvalue weighted by Crippen LogP contribution is -1.91. The zero-order chi connectivity index (χ0) is 29.6. The van der Waals surface area contributed by atoms with E-state index < -0.39 is 0 Å². The number of hydrogen-bond donors (Lipinski definition) is 0. The van der Waals surface area contributed by atoms with Crippen molar-refractivity contribution >= 4 is 38.6 Å². The molecule has 0 radical (unpaired) electrons. The molecule has 0 saturated heterocycles. The van der Waals surface area contributed by atoms with E-state index in [-0.39, 0.29) is 0 Å². The van der Waals surface area contributed by atoms with Crippen LogP contribution in [0.3, 0.4) is 0 Å². The van der Waals surface area contributed by atoms with Gasteiger partial charge in [0.05, 0.1) is 0 Å². The highest BCUT2D eigenvalue weighted by molar-refractivity contribution is 6.22. The molecule has 0 aliphatic rings. The molecule has 1 heterocycles. The van der Waals surface area contributed by atoms with Gasteiger partial charge in [0.1, 0.15) is 11.3 Å². The largest absolute Gasteiger partial charge is 0.455 e. The van der Waals surface area contributed by atoms with Gasteiger partial charge in [-0.1, -0.05) is 140 Å². The molecule has 0 saturated carbocycles. The van der Waals surface area contributed by atoms with Crippen molar-refractivity contribution in [2.75, 3.05) is 0 Å². The van der Waals surface area contributed by atoms with E-state index >= 15 is 0 Å². The summed E-state index contributed by atoms with van der Waals surface area (Å²) >= 11 is 0. The van der Waals surface area contributed by atoms with E-state index in [1.165, 1.54) is 54.9 Å². The summed E-state index contributed by atoms with van der Waals surface area (Å²) in [5, 5.41) is 6.00. The first kappa shape index (κ1) is 26.0. The van der Waals surface area contributed by atoms with E-state index in [9.17, 15) is 0 Å². The van der Waals surface area contributed by atoms with E-state index in [0.29, 0.717) is 0 Å². The highest BCUT2D eigenvalue weighted by atomic mass is 16.3. The van der Waals surface area contributed by atoms with Crippen molar-refractivity contribution in [1.82, 2.24) is 0 Å². The second-order valence-electron chi connectivity index (χ2n) is 11.4. The predicted molar refractivity (Wildman–Crippen MR) is 188 cm³/mol. The highest BCUT2D eigenvalue weighted by Crippen LogP contribution is 2.46. The van der Waals surface area contributed by atoms with Crippen molar-refractivity contribution in [3.63, 3.8) is 0 Å². The molecule has 1 nitrogen and oxygen atoms in total. The van der Waals surface area contributed by atoms with E-state index in [4.69, 9.17) is 4.42 Å². The normalized spacial score (nSPS) is 11.4. The van der Waals surface area contributed by atoms with Gasteiger partial charge in [0.15, 0.2) is 0 Å². The summed E-state index contributed by atoms with van der Waals surface area (Å²) in [4.78, 5) is 0. The van der Waals surface area contributed by atoms with E-state index in [1.54, 1.807) is 0 Å². The Hall–Kier alpha value is -5.66. The topological polar surface area (TPSA) is 13.1 Å². The summed E-state index contributed by atoms with van der Waals surface area (Å²) in [5.41, 5.74) is 11.4. The Labute approximate surface area is 257 Å². The van der Waals surface area contributed by atoms with E-state index in [0.717, 1.165) is 33.4 Å². The molecule has 7 aromatic carbocycles. The molecule has 0 unspecified atom stereocenters. The standard InChI is InChI=1S/C43H30O/c1-3-33-38-27-32(23-25-40(38)44-43(33)34-19-11-10-14-28(34)2)42-36-21-13-12-20-35(36)41(30-17-8-5-9-18-30)37-24-22-31(26-39(37)42)29-15-6-4-7-16-29/h3-27H,1H2,2H3. The van der Waals surface area contributed by atoms with Crippen molar-refractivity contribution in [3.8, 4) is 44.7 Å². The molecular formula is C43H30O. The number of rotatable bonds is 5. The predicted octanol–water partition coefficient (Wildman–Crippen LogP) is 12.4. The molecule has 0 fully saturated rings. The molecule has 0 bridgehead atoms. The zero-order valence-electron chi connectivity index (χ0n) is 24.5. The first-order valence-corrected chi connectivity index (χ1v) is 15.1. The summed E-state index contributed by atoms with van der Waals surface area (Å²) in [6.07, 6.45) is 1.93. The molecule has 8 aromatic rings. The molecule has 208 valence electrons. The van der Waals surface area contributed by atoms with Gasteiger partial charge in [-0.05, 0) is 85.6 Å². The van der Waals surface area contributed by atoms with Gasteiger partial charge in [-0.15, -0.1) is 0 Å². The lowest BCUT2D eigenvalue weighted by molar-refractivity contribution is 0.630. The molecule has 1 heteroatoms. The molecule has 0 spiro atoms. The van der Waals surface area contributed by atoms with Crippen LogP contribution in [0.25, 0.3) is 83.3 Å². The minimum absolute atomic E-state index is 0.862. The van der Waals surface area contributed by atoms with Gasteiger partial charge in [-0.3, -0.25) is 0 Å². The molecule has 44 heavy (non-hydrogen) atoms. The van der Waals surface area contributed by atoms with Gasteiger partial charge < -0.3 is 4.42 Å². The first-order valence-electron chi connectivity index (χ1n) is 15.1. The van der Waals surface area contributed by atoms with Crippen molar-refractivity contribution in [2.24, 2.45) is 0 Å². The summed E-state index contributed by atoms with van der Waals surface area (Å²) in [6.45, 7) is 6.32. The van der Waals surface area contributed by atoms with Crippen molar-refractivity contribution in [3.05, 3.63) is 163 Å². The van der Waals surface area contributed by atoms with Crippen LogP contribution in [-0.2, 0) is 0 Å².